The molecule has 7 nitrogen and oxygen atoms in total. The highest BCUT2D eigenvalue weighted by molar-refractivity contribution is 5.97. The van der Waals surface area contributed by atoms with Gasteiger partial charge in [-0.15, -0.1) is 0 Å². The van der Waals surface area contributed by atoms with Crippen LogP contribution in [0.25, 0.3) is 10.9 Å². The molecule has 0 aliphatic heterocycles. The number of nitrogens with zero attached hydrogens (tertiary/aromatic N) is 1. The van der Waals surface area contributed by atoms with Crippen molar-refractivity contribution in [2.75, 3.05) is 6.54 Å². The number of aromatic nitrogens is 2. The standard InChI is InChI=1S/C11H12N4O3/c12-10(17)9(16)5-13-11(18)6-1-2-7-4-14-15-8(7)3-6/h1-4,9,16H,5H2,(H2,12,17)(H,13,18)(H,14,15). The van der Waals surface area contributed by atoms with E-state index in [4.69, 9.17) is 10.8 Å². The predicted molar refractivity (Wildman–Crippen MR) is 63.6 cm³/mol. The first-order chi connectivity index (χ1) is 8.58. The van der Waals surface area contributed by atoms with E-state index in [0.717, 1.165) is 10.9 Å². The number of carbonyl (C=O) groups excluding carboxylic acids is 2. The number of aliphatic hydroxyl groups is 1. The molecule has 0 saturated carbocycles. The van der Waals surface area contributed by atoms with Crippen molar-refractivity contribution >= 4 is 22.7 Å². The van der Waals surface area contributed by atoms with Gasteiger partial charge in [-0.1, -0.05) is 6.07 Å². The third-order valence-corrected chi connectivity index (χ3v) is 2.49. The molecule has 18 heavy (non-hydrogen) atoms. The quantitative estimate of drug-likeness (QED) is 0.562. The zero-order chi connectivity index (χ0) is 13.1. The van der Waals surface area contributed by atoms with Crippen LogP contribution in [0.3, 0.4) is 0 Å². The highest BCUT2D eigenvalue weighted by atomic mass is 16.3. The van der Waals surface area contributed by atoms with E-state index in [9.17, 15) is 9.59 Å². The third kappa shape index (κ3) is 2.46. The van der Waals surface area contributed by atoms with Gasteiger partial charge in [-0.05, 0) is 12.1 Å². The molecule has 5 N–H and O–H groups in total. The van der Waals surface area contributed by atoms with Crippen LogP contribution in [0.1, 0.15) is 10.4 Å². The second-order valence-electron chi connectivity index (χ2n) is 3.80. The van der Waals surface area contributed by atoms with Gasteiger partial charge in [0, 0.05) is 10.9 Å². The van der Waals surface area contributed by atoms with Crippen LogP contribution in [0, 0.1) is 0 Å². The summed E-state index contributed by atoms with van der Waals surface area (Å²) < 4.78 is 0. The molecule has 0 aliphatic carbocycles. The second-order valence-corrected chi connectivity index (χ2v) is 3.80. The molecule has 1 unspecified atom stereocenters. The number of hydrogen-bond donors (Lipinski definition) is 4. The van der Waals surface area contributed by atoms with E-state index in [-0.39, 0.29) is 6.54 Å². The maximum Gasteiger partial charge on any atom is 0.251 e. The normalized spacial score (nSPS) is 12.3. The summed E-state index contributed by atoms with van der Waals surface area (Å²) in [5, 5.41) is 19.0. The number of nitrogens with one attached hydrogen (secondary N) is 2. The molecule has 0 bridgehead atoms. The van der Waals surface area contributed by atoms with E-state index in [1.54, 1.807) is 24.4 Å². The van der Waals surface area contributed by atoms with Gasteiger partial charge in [0.1, 0.15) is 6.10 Å². The lowest BCUT2D eigenvalue weighted by Crippen LogP contribution is -2.39. The lowest BCUT2D eigenvalue weighted by molar-refractivity contribution is -0.125. The number of benzene rings is 1. The molecule has 1 aromatic heterocycles. The number of amides is 2. The van der Waals surface area contributed by atoms with Crippen LogP contribution < -0.4 is 11.1 Å². The van der Waals surface area contributed by atoms with E-state index in [0.29, 0.717) is 5.56 Å². The monoisotopic (exact) mass is 248 g/mol. The van der Waals surface area contributed by atoms with Gasteiger partial charge >= 0.3 is 0 Å². The smallest absolute Gasteiger partial charge is 0.251 e. The minimum atomic E-state index is -1.38. The van der Waals surface area contributed by atoms with Crippen molar-refractivity contribution in [1.29, 1.82) is 0 Å². The predicted octanol–water partition coefficient (Wildman–Crippen LogP) is -0.861. The van der Waals surface area contributed by atoms with E-state index in [2.05, 4.69) is 15.5 Å². The topological polar surface area (TPSA) is 121 Å². The second kappa shape index (κ2) is 4.84. The van der Waals surface area contributed by atoms with Gasteiger partial charge in [0.25, 0.3) is 5.91 Å². The lowest BCUT2D eigenvalue weighted by atomic mass is 10.1. The Balaban J connectivity index is 2.06. The van der Waals surface area contributed by atoms with Crippen LogP contribution in [-0.2, 0) is 4.79 Å². The van der Waals surface area contributed by atoms with Gasteiger partial charge in [0.2, 0.25) is 5.91 Å². The van der Waals surface area contributed by atoms with Crippen molar-refractivity contribution in [2.45, 2.75) is 6.10 Å². The van der Waals surface area contributed by atoms with Crippen LogP contribution in [-0.4, -0.2) is 39.8 Å². The van der Waals surface area contributed by atoms with Crippen molar-refractivity contribution in [2.24, 2.45) is 5.73 Å². The number of aliphatic hydroxyl groups excluding tert-OH is 1. The minimum absolute atomic E-state index is 0.213. The van der Waals surface area contributed by atoms with Crippen molar-refractivity contribution < 1.29 is 14.7 Å². The zero-order valence-electron chi connectivity index (χ0n) is 9.38. The molecule has 2 rings (SSSR count). The lowest BCUT2D eigenvalue weighted by Gasteiger charge is -2.08. The highest BCUT2D eigenvalue weighted by Crippen LogP contribution is 2.12. The zero-order valence-corrected chi connectivity index (χ0v) is 9.38. The number of rotatable bonds is 4. The van der Waals surface area contributed by atoms with Gasteiger partial charge in [-0.3, -0.25) is 14.7 Å². The van der Waals surface area contributed by atoms with Crippen molar-refractivity contribution in [3.8, 4) is 0 Å². The Kier molecular flexibility index (Phi) is 3.24. The Hall–Kier alpha value is -2.41. The van der Waals surface area contributed by atoms with Crippen LogP contribution in [0.2, 0.25) is 0 Å². The van der Waals surface area contributed by atoms with E-state index < -0.39 is 17.9 Å². The molecule has 2 aromatic rings. The molecule has 7 heteroatoms. The minimum Gasteiger partial charge on any atom is -0.381 e. The summed E-state index contributed by atoms with van der Waals surface area (Å²) in [4.78, 5) is 22.3. The highest BCUT2D eigenvalue weighted by Gasteiger charge is 2.13. The van der Waals surface area contributed by atoms with Crippen molar-refractivity contribution in [3.05, 3.63) is 30.0 Å². The molecular formula is C11H12N4O3. The van der Waals surface area contributed by atoms with Crippen LogP contribution in [0.15, 0.2) is 24.4 Å². The molecule has 1 aromatic carbocycles. The fourth-order valence-corrected chi connectivity index (χ4v) is 1.47. The van der Waals surface area contributed by atoms with Crippen molar-refractivity contribution in [1.82, 2.24) is 15.5 Å². The Bertz CT molecular complexity index is 593. The number of primary amides is 1. The molecule has 0 fully saturated rings. The maximum atomic E-state index is 11.7. The maximum absolute atomic E-state index is 11.7. The Labute approximate surface area is 102 Å². The van der Waals surface area contributed by atoms with Gasteiger partial charge < -0.3 is 16.2 Å². The summed E-state index contributed by atoms with van der Waals surface area (Å²) in [7, 11) is 0. The largest absolute Gasteiger partial charge is 0.381 e. The first-order valence-electron chi connectivity index (χ1n) is 5.26. The molecule has 1 atom stereocenters. The Morgan fingerprint density at radius 3 is 3.00 bits per heavy atom. The summed E-state index contributed by atoms with van der Waals surface area (Å²) in [6.07, 6.45) is 0.262. The van der Waals surface area contributed by atoms with Gasteiger partial charge in [-0.25, -0.2) is 0 Å². The average molecular weight is 248 g/mol. The van der Waals surface area contributed by atoms with E-state index >= 15 is 0 Å². The van der Waals surface area contributed by atoms with Gasteiger partial charge in [0.05, 0.1) is 18.3 Å². The van der Waals surface area contributed by atoms with Crippen LogP contribution >= 0.6 is 0 Å². The summed E-state index contributed by atoms with van der Waals surface area (Å²) in [6.45, 7) is -0.213. The number of nitrogens with two attached hydrogens (primary N) is 1. The van der Waals surface area contributed by atoms with Crippen molar-refractivity contribution in [3.63, 3.8) is 0 Å². The molecule has 0 spiro atoms. The summed E-state index contributed by atoms with van der Waals surface area (Å²) in [5.41, 5.74) is 6.01. The molecule has 1 heterocycles. The van der Waals surface area contributed by atoms with Gasteiger partial charge in [-0.2, -0.15) is 5.10 Å². The number of carbonyl (C=O) groups is 2. The summed E-state index contributed by atoms with van der Waals surface area (Å²) in [6, 6.07) is 5.01. The molecule has 0 radical (unpaired) electrons. The molecule has 0 aliphatic rings. The van der Waals surface area contributed by atoms with Crippen LogP contribution in [0.5, 0.6) is 0 Å². The molecule has 0 saturated heterocycles. The first kappa shape index (κ1) is 12.1. The number of hydrogen-bond acceptors (Lipinski definition) is 4. The number of aromatic amines is 1. The fourth-order valence-electron chi connectivity index (χ4n) is 1.47. The summed E-state index contributed by atoms with van der Waals surface area (Å²) >= 11 is 0. The molecule has 2 amide bonds. The van der Waals surface area contributed by atoms with E-state index in [1.165, 1.54) is 0 Å². The number of H-pyrrole nitrogens is 1. The summed E-state index contributed by atoms with van der Waals surface area (Å²) in [5.74, 6) is -1.27. The Morgan fingerprint density at radius 2 is 2.28 bits per heavy atom. The average Bonchev–Trinajstić information content (AvgIpc) is 2.82. The number of fused-ring (bicyclic) bond motifs is 1. The molecule has 94 valence electrons. The molecular weight excluding hydrogens is 236 g/mol. The fraction of sp³-hybridized carbons (Fsp3) is 0.182. The van der Waals surface area contributed by atoms with E-state index in [1.807, 2.05) is 0 Å². The third-order valence-electron chi connectivity index (χ3n) is 2.49. The Morgan fingerprint density at radius 1 is 1.50 bits per heavy atom. The van der Waals surface area contributed by atoms with Crippen LogP contribution in [0.4, 0.5) is 0 Å². The first-order valence-corrected chi connectivity index (χ1v) is 5.26. The van der Waals surface area contributed by atoms with Gasteiger partial charge in [0.15, 0.2) is 0 Å². The SMILES string of the molecule is NC(=O)C(O)CNC(=O)c1ccc2cn[nH]c2c1.